The van der Waals surface area contributed by atoms with Crippen molar-refractivity contribution >= 4 is 5.57 Å². The molecule has 1 aliphatic carbocycles. The van der Waals surface area contributed by atoms with Gasteiger partial charge in [0.15, 0.2) is 5.82 Å². The van der Waals surface area contributed by atoms with Crippen LogP contribution in [0.25, 0.3) is 5.57 Å². The van der Waals surface area contributed by atoms with Gasteiger partial charge >= 0.3 is 0 Å². The number of ether oxygens (including phenoxy) is 1. The molecule has 2 aromatic rings. The first kappa shape index (κ1) is 27.2. The fourth-order valence-corrected chi connectivity index (χ4v) is 3.93. The molecule has 3 rings (SSSR count). The lowest BCUT2D eigenvalue weighted by Gasteiger charge is -2.34. The Kier molecular flexibility index (Phi) is 10.9. The predicted molar refractivity (Wildman–Crippen MR) is 141 cm³/mol. The Bertz CT molecular complexity index is 986. The number of rotatable bonds is 9. The second kappa shape index (κ2) is 13.6. The lowest BCUT2D eigenvalue weighted by atomic mass is 9.72. The summed E-state index contributed by atoms with van der Waals surface area (Å²) >= 11 is 0. The number of hydrogen-bond acceptors (Lipinski definition) is 3. The number of hydrogen-bond donors (Lipinski definition) is 0. The summed E-state index contributed by atoms with van der Waals surface area (Å²) in [5.74, 6) is 3.67. The third-order valence-electron chi connectivity index (χ3n) is 5.94. The van der Waals surface area contributed by atoms with Crippen molar-refractivity contribution in [3.05, 3.63) is 96.4 Å². The van der Waals surface area contributed by atoms with E-state index >= 15 is 0 Å². The van der Waals surface area contributed by atoms with Crippen LogP contribution >= 0.6 is 0 Å². The van der Waals surface area contributed by atoms with Crippen molar-refractivity contribution in [2.45, 2.75) is 53.9 Å². The molecule has 34 heavy (non-hydrogen) atoms. The average molecular weight is 463 g/mol. The topological polar surface area (TPSA) is 35.0 Å². The van der Waals surface area contributed by atoms with Crippen LogP contribution in [0.4, 0.5) is 4.39 Å². The molecule has 4 heteroatoms. The highest BCUT2D eigenvalue weighted by molar-refractivity contribution is 5.75. The Morgan fingerprint density at radius 2 is 1.71 bits per heavy atom. The minimum atomic E-state index is -0.214. The highest BCUT2D eigenvalue weighted by Crippen LogP contribution is 2.37. The molecule has 0 saturated heterocycles. The predicted octanol–water partition coefficient (Wildman–Crippen LogP) is 8.24. The van der Waals surface area contributed by atoms with E-state index in [1.54, 1.807) is 30.6 Å². The molecule has 0 aliphatic heterocycles. The van der Waals surface area contributed by atoms with Gasteiger partial charge in [-0.3, -0.25) is 0 Å². The van der Waals surface area contributed by atoms with Gasteiger partial charge in [-0.2, -0.15) is 0 Å². The molecule has 0 radical (unpaired) electrons. The number of halogens is 1. The maximum absolute atomic E-state index is 12.7. The van der Waals surface area contributed by atoms with Gasteiger partial charge in [0.2, 0.25) is 0 Å². The summed E-state index contributed by atoms with van der Waals surface area (Å²) in [4.78, 5) is 8.54. The average Bonchev–Trinajstić information content (AvgIpc) is 2.78. The van der Waals surface area contributed by atoms with Crippen molar-refractivity contribution in [3.8, 4) is 5.75 Å². The minimum absolute atomic E-state index is 0.214. The van der Waals surface area contributed by atoms with Gasteiger partial charge in [0, 0.05) is 18.0 Å². The summed E-state index contributed by atoms with van der Waals surface area (Å²) < 4.78 is 18.3. The number of aromatic nitrogens is 2. The van der Waals surface area contributed by atoms with E-state index in [-0.39, 0.29) is 5.82 Å². The summed E-state index contributed by atoms with van der Waals surface area (Å²) in [5.41, 5.74) is 4.08. The van der Waals surface area contributed by atoms with E-state index in [0.29, 0.717) is 11.7 Å². The van der Waals surface area contributed by atoms with Crippen LogP contribution in [0.2, 0.25) is 0 Å². The van der Waals surface area contributed by atoms with Crippen LogP contribution in [-0.4, -0.2) is 16.6 Å². The molecule has 3 nitrogen and oxygen atoms in total. The van der Waals surface area contributed by atoms with Crippen molar-refractivity contribution in [1.29, 1.82) is 0 Å². The smallest absolute Gasteiger partial charge is 0.159 e. The van der Waals surface area contributed by atoms with E-state index in [4.69, 9.17) is 4.74 Å². The normalized spacial score (nSPS) is 18.8. The van der Waals surface area contributed by atoms with Gasteiger partial charge in [-0.05, 0) is 93.7 Å². The van der Waals surface area contributed by atoms with Gasteiger partial charge < -0.3 is 4.74 Å². The van der Waals surface area contributed by atoms with Gasteiger partial charge in [-0.15, -0.1) is 0 Å². The van der Waals surface area contributed by atoms with Gasteiger partial charge in [0.25, 0.3) is 0 Å². The molecule has 1 unspecified atom stereocenters. The zero-order valence-corrected chi connectivity index (χ0v) is 21.4. The Morgan fingerprint density at radius 1 is 1.09 bits per heavy atom. The summed E-state index contributed by atoms with van der Waals surface area (Å²) in [6.07, 6.45) is 11.4. The summed E-state index contributed by atoms with van der Waals surface area (Å²) in [6, 6.07) is 8.06. The molecule has 0 bridgehead atoms. The van der Waals surface area contributed by atoms with Crippen LogP contribution in [0.5, 0.6) is 5.75 Å². The minimum Gasteiger partial charge on any atom is -0.493 e. The van der Waals surface area contributed by atoms with Crippen LogP contribution in [-0.2, 0) is 0 Å². The molecule has 1 heterocycles. The molecule has 0 spiro atoms. The third-order valence-corrected chi connectivity index (χ3v) is 5.94. The monoisotopic (exact) mass is 462 g/mol. The second-order valence-electron chi connectivity index (χ2n) is 9.62. The maximum atomic E-state index is 12.7. The fourth-order valence-electron chi connectivity index (χ4n) is 3.93. The van der Waals surface area contributed by atoms with E-state index < -0.39 is 0 Å². The highest BCUT2D eigenvalue weighted by Gasteiger charge is 2.26. The maximum Gasteiger partial charge on any atom is 0.159 e. The molecular weight excluding hydrogens is 423 g/mol. The van der Waals surface area contributed by atoms with E-state index in [9.17, 15) is 4.39 Å². The SMILES string of the molecule is C=C(C)/C=C\C(=C(/C)C(=C)C)c1ncccn1.CC(COc1ccc(F)cc1)CC1CC(C)C1. The lowest BCUT2D eigenvalue weighted by molar-refractivity contribution is 0.151. The van der Waals surface area contributed by atoms with Crippen molar-refractivity contribution in [2.75, 3.05) is 6.61 Å². The molecule has 0 amide bonds. The molecular formula is C30H39FN2O. The standard InChI is InChI=1S/C15H21FO.C15H18N2/c1-11-7-13(8-11)9-12(2)10-17-15-5-3-14(16)4-6-15;1-11(2)7-8-14(13(5)12(3)4)15-16-9-6-10-17-15/h3-6,11-13H,7-10H2,1-2H3;6-10H,1,3H2,2,4-5H3/b;8-7-,14-13-. The molecule has 1 fully saturated rings. The van der Waals surface area contributed by atoms with E-state index in [1.807, 2.05) is 32.9 Å². The van der Waals surface area contributed by atoms with Gasteiger partial charge in [-0.1, -0.05) is 50.3 Å². The highest BCUT2D eigenvalue weighted by atomic mass is 19.1. The molecule has 1 aliphatic rings. The summed E-state index contributed by atoms with van der Waals surface area (Å²) in [7, 11) is 0. The number of allylic oxidation sites excluding steroid dienone is 6. The zero-order valence-electron chi connectivity index (χ0n) is 21.4. The first-order valence-electron chi connectivity index (χ1n) is 12.0. The number of nitrogens with zero attached hydrogens (tertiary/aromatic N) is 2. The van der Waals surface area contributed by atoms with Crippen molar-refractivity contribution in [1.82, 2.24) is 9.97 Å². The second-order valence-corrected chi connectivity index (χ2v) is 9.62. The van der Waals surface area contributed by atoms with Crippen LogP contribution < -0.4 is 4.74 Å². The molecule has 1 aromatic carbocycles. The van der Waals surface area contributed by atoms with Gasteiger partial charge in [-0.25, -0.2) is 14.4 Å². The first-order chi connectivity index (χ1) is 16.2. The largest absolute Gasteiger partial charge is 0.493 e. The molecule has 1 atom stereocenters. The first-order valence-corrected chi connectivity index (χ1v) is 12.0. The van der Waals surface area contributed by atoms with Crippen molar-refractivity contribution in [2.24, 2.45) is 17.8 Å². The van der Waals surface area contributed by atoms with Crippen LogP contribution in [0.15, 0.2) is 84.8 Å². The van der Waals surface area contributed by atoms with Crippen molar-refractivity contribution in [3.63, 3.8) is 0 Å². The number of benzene rings is 1. The van der Waals surface area contributed by atoms with E-state index in [1.165, 1.54) is 31.4 Å². The Balaban J connectivity index is 0.000000240. The Morgan fingerprint density at radius 3 is 2.24 bits per heavy atom. The van der Waals surface area contributed by atoms with Crippen LogP contribution in [0.3, 0.4) is 0 Å². The van der Waals surface area contributed by atoms with Crippen LogP contribution in [0.1, 0.15) is 59.7 Å². The van der Waals surface area contributed by atoms with Crippen molar-refractivity contribution < 1.29 is 9.13 Å². The molecule has 1 aromatic heterocycles. The van der Waals surface area contributed by atoms with Crippen LogP contribution in [0, 0.1) is 23.6 Å². The molecule has 182 valence electrons. The molecule has 1 saturated carbocycles. The quantitative estimate of drug-likeness (QED) is 0.352. The Hall–Kier alpha value is -3.01. The van der Waals surface area contributed by atoms with E-state index in [2.05, 4.69) is 37.0 Å². The zero-order chi connectivity index (χ0) is 25.1. The lowest BCUT2D eigenvalue weighted by Crippen LogP contribution is -2.24. The Labute approximate surface area is 205 Å². The summed E-state index contributed by atoms with van der Waals surface area (Å²) in [6.45, 7) is 19.0. The van der Waals surface area contributed by atoms with Gasteiger partial charge in [0.05, 0.1) is 6.61 Å². The fraction of sp³-hybridized carbons (Fsp3) is 0.400. The van der Waals surface area contributed by atoms with E-state index in [0.717, 1.165) is 46.5 Å². The third kappa shape index (κ3) is 9.46. The molecule has 0 N–H and O–H groups in total. The summed E-state index contributed by atoms with van der Waals surface area (Å²) in [5, 5.41) is 0. The van der Waals surface area contributed by atoms with Gasteiger partial charge in [0.1, 0.15) is 11.6 Å².